The molecular formula is C8H13NOS2. The third-order valence-corrected chi connectivity index (χ3v) is 4.36. The van der Waals surface area contributed by atoms with Crippen LogP contribution in [0.1, 0.15) is 12.8 Å². The van der Waals surface area contributed by atoms with Gasteiger partial charge in [0.05, 0.1) is 12.6 Å². The number of aliphatic imine (C=N–C) groups is 1. The molecule has 0 spiro atoms. The van der Waals surface area contributed by atoms with Crippen LogP contribution in [-0.2, 0) is 4.74 Å². The van der Waals surface area contributed by atoms with Gasteiger partial charge in [-0.25, -0.2) is 0 Å². The Hall–Kier alpha value is 0.330. The molecule has 2 rings (SSSR count). The number of hydrogen-bond donors (Lipinski definition) is 0. The molecular weight excluding hydrogens is 190 g/mol. The molecule has 0 aromatic heterocycles. The number of ether oxygens (including phenoxy) is 1. The van der Waals surface area contributed by atoms with Crippen LogP contribution in [0.3, 0.4) is 0 Å². The van der Waals surface area contributed by atoms with Gasteiger partial charge in [0.25, 0.3) is 0 Å². The first-order chi connectivity index (χ1) is 5.95. The molecule has 0 N–H and O–H groups in total. The van der Waals surface area contributed by atoms with Crippen molar-refractivity contribution < 1.29 is 4.74 Å². The molecule has 0 saturated carbocycles. The van der Waals surface area contributed by atoms with E-state index in [2.05, 4.69) is 4.99 Å². The van der Waals surface area contributed by atoms with E-state index in [4.69, 9.17) is 4.74 Å². The van der Waals surface area contributed by atoms with Gasteiger partial charge in [-0.15, -0.1) is 0 Å². The highest BCUT2D eigenvalue weighted by atomic mass is 32.2. The van der Waals surface area contributed by atoms with Gasteiger partial charge in [-0.3, -0.25) is 4.99 Å². The number of nitrogens with zero attached hydrogens (tertiary/aromatic N) is 1. The zero-order valence-electron chi connectivity index (χ0n) is 6.99. The Bertz CT molecular complexity index is 178. The first kappa shape index (κ1) is 8.91. The SMILES string of the molecule is C1CO[C@@H](CSC2=NCCS2)C1. The van der Waals surface area contributed by atoms with E-state index in [1.54, 1.807) is 0 Å². The van der Waals surface area contributed by atoms with Gasteiger partial charge in [-0.05, 0) is 12.8 Å². The van der Waals surface area contributed by atoms with Crippen molar-refractivity contribution in [3.63, 3.8) is 0 Å². The normalized spacial score (nSPS) is 29.3. The molecule has 1 saturated heterocycles. The summed E-state index contributed by atoms with van der Waals surface area (Å²) in [6.07, 6.45) is 2.98. The van der Waals surface area contributed by atoms with Crippen LogP contribution in [0.15, 0.2) is 4.99 Å². The first-order valence-electron chi connectivity index (χ1n) is 4.37. The van der Waals surface area contributed by atoms with Crippen LogP contribution < -0.4 is 0 Å². The minimum Gasteiger partial charge on any atom is -0.377 e. The largest absolute Gasteiger partial charge is 0.377 e. The maximum Gasteiger partial charge on any atom is 0.124 e. The summed E-state index contributed by atoms with van der Waals surface area (Å²) in [6.45, 7) is 1.98. The van der Waals surface area contributed by atoms with Gasteiger partial charge in [0.1, 0.15) is 4.38 Å². The molecule has 1 fully saturated rings. The van der Waals surface area contributed by atoms with Crippen molar-refractivity contribution >= 4 is 27.9 Å². The van der Waals surface area contributed by atoms with E-state index in [9.17, 15) is 0 Å². The lowest BCUT2D eigenvalue weighted by Gasteiger charge is -2.07. The molecule has 1 atom stereocenters. The summed E-state index contributed by atoms with van der Waals surface area (Å²) in [5.74, 6) is 2.28. The summed E-state index contributed by atoms with van der Waals surface area (Å²) >= 11 is 3.75. The van der Waals surface area contributed by atoms with Gasteiger partial charge in [-0.1, -0.05) is 23.5 Å². The molecule has 2 nitrogen and oxygen atoms in total. The second-order valence-corrected chi connectivity index (χ2v) is 5.29. The Labute approximate surface area is 81.5 Å². The summed E-state index contributed by atoms with van der Waals surface area (Å²) in [5.41, 5.74) is 0. The topological polar surface area (TPSA) is 21.6 Å². The van der Waals surface area contributed by atoms with Gasteiger partial charge in [0.15, 0.2) is 0 Å². The first-order valence-corrected chi connectivity index (χ1v) is 6.34. The monoisotopic (exact) mass is 203 g/mol. The quantitative estimate of drug-likeness (QED) is 0.685. The van der Waals surface area contributed by atoms with Crippen molar-refractivity contribution in [3.8, 4) is 0 Å². The smallest absolute Gasteiger partial charge is 0.124 e. The van der Waals surface area contributed by atoms with Crippen LogP contribution in [0.2, 0.25) is 0 Å². The predicted molar refractivity (Wildman–Crippen MR) is 56.2 cm³/mol. The minimum absolute atomic E-state index is 0.499. The van der Waals surface area contributed by atoms with Crippen molar-refractivity contribution in [3.05, 3.63) is 0 Å². The molecule has 0 amide bonds. The summed E-state index contributed by atoms with van der Waals surface area (Å²) in [5, 5.41) is 0. The van der Waals surface area contributed by atoms with Crippen LogP contribution in [0, 0.1) is 0 Å². The lowest BCUT2D eigenvalue weighted by Crippen LogP contribution is -2.08. The summed E-state index contributed by atoms with van der Waals surface area (Å²) in [6, 6.07) is 0. The number of rotatable bonds is 2. The van der Waals surface area contributed by atoms with Gasteiger partial charge in [0, 0.05) is 18.1 Å². The molecule has 12 heavy (non-hydrogen) atoms. The molecule has 0 unspecified atom stereocenters. The van der Waals surface area contributed by atoms with Crippen molar-refractivity contribution in [2.75, 3.05) is 24.7 Å². The lowest BCUT2D eigenvalue weighted by molar-refractivity contribution is 0.129. The van der Waals surface area contributed by atoms with E-state index in [0.717, 1.165) is 18.9 Å². The van der Waals surface area contributed by atoms with E-state index < -0.39 is 0 Å². The molecule has 2 aliphatic rings. The van der Waals surface area contributed by atoms with Crippen LogP contribution >= 0.6 is 23.5 Å². The van der Waals surface area contributed by atoms with Crippen LogP contribution in [0.5, 0.6) is 0 Å². The average Bonchev–Trinajstić information content (AvgIpc) is 2.74. The highest BCUT2D eigenvalue weighted by molar-refractivity contribution is 8.39. The summed E-state index contributed by atoms with van der Waals surface area (Å²) in [7, 11) is 0. The third-order valence-electron chi connectivity index (χ3n) is 1.97. The predicted octanol–water partition coefficient (Wildman–Crippen LogP) is 2.00. The number of hydrogen-bond acceptors (Lipinski definition) is 4. The van der Waals surface area contributed by atoms with Crippen molar-refractivity contribution in [2.24, 2.45) is 4.99 Å². The summed E-state index contributed by atoms with van der Waals surface area (Å²) < 4.78 is 6.80. The van der Waals surface area contributed by atoms with Gasteiger partial charge in [-0.2, -0.15) is 0 Å². The molecule has 2 aliphatic heterocycles. The fourth-order valence-corrected chi connectivity index (χ4v) is 3.44. The van der Waals surface area contributed by atoms with Gasteiger partial charge < -0.3 is 4.74 Å². The van der Waals surface area contributed by atoms with Crippen molar-refractivity contribution in [1.82, 2.24) is 0 Å². The van der Waals surface area contributed by atoms with E-state index in [0.29, 0.717) is 6.10 Å². The zero-order valence-corrected chi connectivity index (χ0v) is 8.62. The Morgan fingerprint density at radius 3 is 3.33 bits per heavy atom. The van der Waals surface area contributed by atoms with E-state index in [1.165, 1.54) is 23.0 Å². The highest BCUT2D eigenvalue weighted by Gasteiger charge is 2.17. The van der Waals surface area contributed by atoms with Crippen LogP contribution in [0.25, 0.3) is 0 Å². The Balaban J connectivity index is 1.67. The van der Waals surface area contributed by atoms with Crippen LogP contribution in [-0.4, -0.2) is 35.1 Å². The second-order valence-electron chi connectivity index (χ2n) is 2.94. The van der Waals surface area contributed by atoms with E-state index >= 15 is 0 Å². The fraction of sp³-hybridized carbons (Fsp3) is 0.875. The molecule has 0 aromatic rings. The Morgan fingerprint density at radius 2 is 2.67 bits per heavy atom. The molecule has 4 heteroatoms. The third kappa shape index (κ3) is 2.41. The van der Waals surface area contributed by atoms with Gasteiger partial charge >= 0.3 is 0 Å². The fourth-order valence-electron chi connectivity index (χ4n) is 1.34. The summed E-state index contributed by atoms with van der Waals surface area (Å²) in [4.78, 5) is 4.38. The Kier molecular flexibility index (Phi) is 3.37. The van der Waals surface area contributed by atoms with E-state index in [1.807, 2.05) is 23.5 Å². The minimum atomic E-state index is 0.499. The maximum atomic E-state index is 5.53. The van der Waals surface area contributed by atoms with Gasteiger partial charge in [0.2, 0.25) is 0 Å². The maximum absolute atomic E-state index is 5.53. The molecule has 2 heterocycles. The Morgan fingerprint density at radius 1 is 1.67 bits per heavy atom. The number of thioether (sulfide) groups is 2. The van der Waals surface area contributed by atoms with Crippen LogP contribution in [0.4, 0.5) is 0 Å². The molecule has 0 radical (unpaired) electrons. The zero-order chi connectivity index (χ0) is 8.23. The van der Waals surface area contributed by atoms with Crippen molar-refractivity contribution in [1.29, 1.82) is 0 Å². The lowest BCUT2D eigenvalue weighted by atomic mass is 10.3. The average molecular weight is 203 g/mol. The molecule has 0 aromatic carbocycles. The molecule has 0 bridgehead atoms. The van der Waals surface area contributed by atoms with Crippen molar-refractivity contribution in [2.45, 2.75) is 18.9 Å². The molecule has 0 aliphatic carbocycles. The standard InChI is InChI=1S/C8H13NOS2/c1-2-7(10-4-1)6-12-8-9-3-5-11-8/h7H,1-6H2/t7-/m1/s1. The highest BCUT2D eigenvalue weighted by Crippen LogP contribution is 2.25. The van der Waals surface area contributed by atoms with E-state index in [-0.39, 0.29) is 0 Å². The molecule has 68 valence electrons. The second kappa shape index (κ2) is 4.53.